The summed E-state index contributed by atoms with van der Waals surface area (Å²) in [6.45, 7) is 0. The van der Waals surface area contributed by atoms with Gasteiger partial charge in [-0.3, -0.25) is 14.4 Å². The summed E-state index contributed by atoms with van der Waals surface area (Å²) in [5, 5.41) is 3.08. The third-order valence-electron chi connectivity index (χ3n) is 3.90. The molecule has 4 rings (SSSR count). The first kappa shape index (κ1) is 14.1. The smallest absolute Gasteiger partial charge is 0.326 e. The molecule has 2 aromatic rings. The van der Waals surface area contributed by atoms with E-state index in [0.717, 1.165) is 5.56 Å². The van der Waals surface area contributed by atoms with Crippen LogP contribution >= 0.6 is 0 Å². The van der Waals surface area contributed by atoms with Crippen LogP contribution in [0.1, 0.15) is 36.6 Å². The number of rotatable bonds is 2. The zero-order valence-electron chi connectivity index (χ0n) is 12.2. The van der Waals surface area contributed by atoms with Gasteiger partial charge in [-0.25, -0.2) is 4.79 Å². The van der Waals surface area contributed by atoms with Gasteiger partial charge in [0.1, 0.15) is 0 Å². The number of benzene rings is 2. The molecule has 1 N–H and O–H groups in total. The summed E-state index contributed by atoms with van der Waals surface area (Å²) in [4.78, 5) is 52.9. The Kier molecular flexibility index (Phi) is 2.96. The molecule has 0 saturated carbocycles. The van der Waals surface area contributed by atoms with Crippen LogP contribution < -0.4 is 5.32 Å². The summed E-state index contributed by atoms with van der Waals surface area (Å²) in [6.07, 6.45) is 0.253. The van der Waals surface area contributed by atoms with Gasteiger partial charge in [0.25, 0.3) is 11.8 Å². The van der Waals surface area contributed by atoms with Gasteiger partial charge in [-0.1, -0.05) is 23.3 Å². The average molecular weight is 322 g/mol. The van der Waals surface area contributed by atoms with E-state index in [1.54, 1.807) is 18.2 Å². The Labute approximate surface area is 135 Å². The number of carbonyl (C=O) groups is 4. The molecular formula is C17H10N2O5. The number of imide groups is 1. The number of carbonyl (C=O) groups excluding carboxylic acids is 4. The van der Waals surface area contributed by atoms with Crippen LogP contribution in [-0.2, 0) is 16.1 Å². The summed E-state index contributed by atoms with van der Waals surface area (Å²) >= 11 is 0. The highest BCUT2D eigenvalue weighted by Gasteiger charge is 2.38. The molecule has 3 amide bonds. The van der Waals surface area contributed by atoms with Gasteiger partial charge in [-0.15, -0.1) is 0 Å². The molecule has 0 aliphatic carbocycles. The Morgan fingerprint density at radius 2 is 1.67 bits per heavy atom. The number of amides is 3. The number of fused-ring (bicyclic) bond motifs is 2. The molecule has 7 nitrogen and oxygen atoms in total. The van der Waals surface area contributed by atoms with E-state index in [-0.39, 0.29) is 29.0 Å². The molecular weight excluding hydrogens is 312 g/mol. The van der Waals surface area contributed by atoms with Crippen molar-refractivity contribution in [3.63, 3.8) is 0 Å². The normalized spacial score (nSPS) is 15.2. The Bertz CT molecular complexity index is 899. The zero-order valence-corrected chi connectivity index (χ0v) is 12.2. The quantitative estimate of drug-likeness (QED) is 0.847. The van der Waals surface area contributed by atoms with Gasteiger partial charge in [0.05, 0.1) is 23.1 Å². The number of hydrogen-bond donors (Lipinski definition) is 1. The summed E-state index contributed by atoms with van der Waals surface area (Å²) in [5.74, 6) is -2.37. The number of anilines is 1. The third kappa shape index (κ3) is 2.06. The zero-order chi connectivity index (χ0) is 16.8. The molecule has 0 fully saturated rings. The van der Waals surface area contributed by atoms with Crippen LogP contribution in [0.2, 0.25) is 0 Å². The van der Waals surface area contributed by atoms with E-state index in [1.807, 2.05) is 0 Å². The first-order valence-electron chi connectivity index (χ1n) is 7.17. The van der Waals surface area contributed by atoms with Crippen molar-refractivity contribution in [1.29, 1.82) is 0 Å². The van der Waals surface area contributed by atoms with Crippen molar-refractivity contribution in [3.8, 4) is 0 Å². The van der Waals surface area contributed by atoms with Crippen LogP contribution in [-0.4, -0.2) is 28.8 Å². The van der Waals surface area contributed by atoms with Crippen LogP contribution in [0, 0.1) is 0 Å². The molecule has 0 unspecified atom stereocenters. The number of nitrogens with one attached hydrogen (secondary N) is 1. The van der Waals surface area contributed by atoms with Crippen LogP contribution in [0.4, 0.5) is 5.69 Å². The lowest BCUT2D eigenvalue weighted by atomic mass is 10.1. The fourth-order valence-electron chi connectivity index (χ4n) is 2.73. The largest absolute Gasteiger partial charge is 0.364 e. The van der Waals surface area contributed by atoms with Gasteiger partial charge in [-0.05, 0) is 29.8 Å². The summed E-state index contributed by atoms with van der Waals surface area (Å²) in [6, 6.07) is 10.8. The minimum absolute atomic E-state index is 0.132. The average Bonchev–Trinajstić information content (AvgIpc) is 3.07. The number of hydrogen-bond acceptors (Lipinski definition) is 5. The Morgan fingerprint density at radius 1 is 1.00 bits per heavy atom. The monoisotopic (exact) mass is 322 g/mol. The maximum absolute atomic E-state index is 12.2. The lowest BCUT2D eigenvalue weighted by Crippen LogP contribution is -2.32. The van der Waals surface area contributed by atoms with Crippen molar-refractivity contribution in [1.82, 2.24) is 5.06 Å². The van der Waals surface area contributed by atoms with Crippen molar-refractivity contribution < 1.29 is 24.0 Å². The van der Waals surface area contributed by atoms with Crippen molar-refractivity contribution in [2.24, 2.45) is 0 Å². The van der Waals surface area contributed by atoms with Crippen LogP contribution in [0.5, 0.6) is 0 Å². The topological polar surface area (TPSA) is 92.8 Å². The highest BCUT2D eigenvalue weighted by atomic mass is 16.7. The predicted octanol–water partition coefficient (Wildman–Crippen LogP) is 1.55. The van der Waals surface area contributed by atoms with Gasteiger partial charge in [-0.2, -0.15) is 0 Å². The van der Waals surface area contributed by atoms with Gasteiger partial charge < -0.3 is 10.2 Å². The molecule has 2 aromatic carbocycles. The van der Waals surface area contributed by atoms with Crippen LogP contribution in [0.15, 0.2) is 42.5 Å². The molecule has 0 aromatic heterocycles. The molecule has 118 valence electrons. The molecule has 0 spiro atoms. The van der Waals surface area contributed by atoms with Crippen molar-refractivity contribution in [3.05, 3.63) is 64.7 Å². The molecule has 2 aliphatic rings. The van der Waals surface area contributed by atoms with Crippen LogP contribution in [0.25, 0.3) is 0 Å². The van der Waals surface area contributed by atoms with Gasteiger partial charge in [0.15, 0.2) is 0 Å². The van der Waals surface area contributed by atoms with Crippen molar-refractivity contribution >= 4 is 29.4 Å². The predicted molar refractivity (Wildman–Crippen MR) is 81.1 cm³/mol. The van der Waals surface area contributed by atoms with E-state index in [0.29, 0.717) is 10.8 Å². The number of nitrogens with zero attached hydrogens (tertiary/aromatic N) is 1. The second kappa shape index (κ2) is 5.02. The molecule has 2 aliphatic heterocycles. The van der Waals surface area contributed by atoms with E-state index in [1.165, 1.54) is 24.3 Å². The maximum Gasteiger partial charge on any atom is 0.364 e. The SMILES string of the molecule is O=C1Cc2ccc(C(=O)ON3C(=O)c4ccccc4C3=O)cc2N1. The number of hydroxylamine groups is 2. The van der Waals surface area contributed by atoms with Crippen molar-refractivity contribution in [2.45, 2.75) is 6.42 Å². The summed E-state index contributed by atoms with van der Waals surface area (Å²) in [7, 11) is 0. The fourth-order valence-corrected chi connectivity index (χ4v) is 2.73. The van der Waals surface area contributed by atoms with Crippen LogP contribution in [0.3, 0.4) is 0 Å². The lowest BCUT2D eigenvalue weighted by Gasteiger charge is -2.13. The molecule has 0 radical (unpaired) electrons. The maximum atomic E-state index is 12.2. The first-order valence-corrected chi connectivity index (χ1v) is 7.17. The van der Waals surface area contributed by atoms with E-state index in [9.17, 15) is 19.2 Å². The highest BCUT2D eigenvalue weighted by Crippen LogP contribution is 2.26. The first-order chi connectivity index (χ1) is 11.5. The fraction of sp³-hybridized carbons (Fsp3) is 0.0588. The third-order valence-corrected chi connectivity index (χ3v) is 3.90. The van der Waals surface area contributed by atoms with E-state index in [2.05, 4.69) is 5.32 Å². The van der Waals surface area contributed by atoms with E-state index < -0.39 is 17.8 Å². The second-order valence-electron chi connectivity index (χ2n) is 5.43. The Hall–Kier alpha value is -3.48. The molecule has 0 saturated heterocycles. The van der Waals surface area contributed by atoms with E-state index >= 15 is 0 Å². The Morgan fingerprint density at radius 3 is 2.33 bits per heavy atom. The van der Waals surface area contributed by atoms with Gasteiger partial charge >= 0.3 is 5.97 Å². The lowest BCUT2D eigenvalue weighted by molar-refractivity contribution is -0.115. The van der Waals surface area contributed by atoms with Gasteiger partial charge in [0.2, 0.25) is 5.91 Å². The minimum Gasteiger partial charge on any atom is -0.326 e. The molecule has 2 heterocycles. The molecule has 0 bridgehead atoms. The van der Waals surface area contributed by atoms with Crippen molar-refractivity contribution in [2.75, 3.05) is 5.32 Å². The minimum atomic E-state index is -0.853. The second-order valence-corrected chi connectivity index (χ2v) is 5.43. The standard InChI is InChI=1S/C17H10N2O5/c20-14-8-9-5-6-10(7-13(9)18-14)17(23)24-19-15(21)11-3-1-2-4-12(11)16(19)22/h1-7H,8H2,(H,18,20). The summed E-state index contributed by atoms with van der Waals surface area (Å²) in [5.41, 5.74) is 1.81. The Balaban J connectivity index is 1.58. The van der Waals surface area contributed by atoms with E-state index in [4.69, 9.17) is 4.84 Å². The highest BCUT2D eigenvalue weighted by molar-refractivity contribution is 6.21. The summed E-state index contributed by atoms with van der Waals surface area (Å²) < 4.78 is 0. The molecule has 7 heteroatoms. The van der Waals surface area contributed by atoms with Gasteiger partial charge in [0, 0.05) is 5.69 Å². The molecule has 0 atom stereocenters. The molecule has 24 heavy (non-hydrogen) atoms.